The molecule has 0 aromatic heterocycles. The lowest BCUT2D eigenvalue weighted by Gasteiger charge is -2.45. The largest absolute Gasteiger partial charge is 0.487 e. The number of nitrogens with one attached hydrogen (secondary N) is 3. The van der Waals surface area contributed by atoms with Crippen molar-refractivity contribution in [3.05, 3.63) is 29.8 Å². The van der Waals surface area contributed by atoms with E-state index in [-0.39, 0.29) is 55.8 Å². The molecule has 3 N–H and O–H groups in total. The van der Waals surface area contributed by atoms with Crippen LogP contribution in [0.25, 0.3) is 0 Å². The molecule has 2 atom stereocenters. The Bertz CT molecular complexity index is 1020. The lowest BCUT2D eigenvalue weighted by atomic mass is 10.0. The molecule has 5 amide bonds. The molecular weight excluding hydrogens is 482 g/mol. The van der Waals surface area contributed by atoms with E-state index in [1.165, 1.54) is 0 Å². The van der Waals surface area contributed by atoms with E-state index in [0.29, 0.717) is 43.9 Å². The Morgan fingerprint density at radius 1 is 1.11 bits per heavy atom. The summed E-state index contributed by atoms with van der Waals surface area (Å²) in [6.45, 7) is 7.80. The maximum absolute atomic E-state index is 12.9. The van der Waals surface area contributed by atoms with E-state index >= 15 is 0 Å². The number of carbonyl (C=O) groups excluding carboxylic acids is 4. The number of likely N-dealkylation sites (tertiary alicyclic amines) is 2. The fourth-order valence-corrected chi connectivity index (χ4v) is 4.40. The summed E-state index contributed by atoms with van der Waals surface area (Å²) in [5.74, 6) is 0.102. The first-order valence-electron chi connectivity index (χ1n) is 12.5. The molecule has 0 aliphatic carbocycles. The molecule has 12 nitrogen and oxygen atoms in total. The van der Waals surface area contributed by atoms with Crippen LogP contribution in [0.5, 0.6) is 5.75 Å². The Labute approximate surface area is 216 Å². The van der Waals surface area contributed by atoms with Gasteiger partial charge in [0.25, 0.3) is 5.91 Å². The van der Waals surface area contributed by atoms with Crippen LogP contribution in [0.4, 0.5) is 9.59 Å². The van der Waals surface area contributed by atoms with Crippen LogP contribution in [0.2, 0.25) is 0 Å². The Kier molecular flexibility index (Phi) is 8.06. The molecule has 1 aromatic rings. The van der Waals surface area contributed by atoms with Crippen molar-refractivity contribution in [1.82, 2.24) is 25.8 Å². The minimum atomic E-state index is -0.584. The minimum Gasteiger partial charge on any atom is -0.487 e. The molecule has 3 fully saturated rings. The van der Waals surface area contributed by atoms with Crippen LogP contribution >= 0.6 is 0 Å². The zero-order chi connectivity index (χ0) is 26.6. The highest BCUT2D eigenvalue weighted by molar-refractivity contribution is 5.94. The van der Waals surface area contributed by atoms with Gasteiger partial charge < -0.3 is 40.0 Å². The molecule has 1 aromatic carbocycles. The van der Waals surface area contributed by atoms with Gasteiger partial charge >= 0.3 is 12.1 Å². The number of nitrogens with zero attached hydrogens (tertiary/aromatic N) is 2. The molecule has 4 rings (SSSR count). The third kappa shape index (κ3) is 7.25. The number of benzene rings is 1. The smallest absolute Gasteiger partial charge is 0.407 e. The number of amides is 5. The van der Waals surface area contributed by atoms with Crippen LogP contribution in [0.1, 0.15) is 37.6 Å². The van der Waals surface area contributed by atoms with Gasteiger partial charge in [-0.05, 0) is 45.4 Å². The van der Waals surface area contributed by atoms with Crippen molar-refractivity contribution in [3.63, 3.8) is 0 Å². The van der Waals surface area contributed by atoms with E-state index in [4.69, 9.17) is 14.2 Å². The molecule has 3 heterocycles. The summed E-state index contributed by atoms with van der Waals surface area (Å²) < 4.78 is 16.7. The molecule has 0 radical (unpaired) electrons. The molecule has 3 aliphatic rings. The standard InChI is InChI=1S/C25H35N5O7/c1-25(2,3)37-23(33)27-9-8-26-22(32)16-5-4-6-17(11-16)36-18-12-30(13-18)24(34)29-10-7-20-19(14-29)28-21(31)15-35-20/h4-6,11,18-20H,7-10,12-15H2,1-3H3,(H,26,32)(H,27,33)(H,28,31)/t19-,20+/m1/s1. The summed E-state index contributed by atoms with van der Waals surface area (Å²) in [5.41, 5.74) is -0.152. The highest BCUT2D eigenvalue weighted by Gasteiger charge is 2.40. The van der Waals surface area contributed by atoms with E-state index in [2.05, 4.69) is 16.0 Å². The van der Waals surface area contributed by atoms with E-state index in [1.54, 1.807) is 54.8 Å². The molecule has 0 saturated carbocycles. The highest BCUT2D eigenvalue weighted by Crippen LogP contribution is 2.23. The van der Waals surface area contributed by atoms with Gasteiger partial charge in [0.15, 0.2) is 0 Å². The van der Waals surface area contributed by atoms with Gasteiger partial charge in [0.1, 0.15) is 24.1 Å². The lowest BCUT2D eigenvalue weighted by molar-refractivity contribution is -0.139. The van der Waals surface area contributed by atoms with Crippen LogP contribution in [0.15, 0.2) is 24.3 Å². The predicted molar refractivity (Wildman–Crippen MR) is 132 cm³/mol. The number of piperidine rings is 1. The van der Waals surface area contributed by atoms with Crippen molar-refractivity contribution >= 4 is 23.9 Å². The fourth-order valence-electron chi connectivity index (χ4n) is 4.40. The fraction of sp³-hybridized carbons (Fsp3) is 0.600. The van der Waals surface area contributed by atoms with Crippen LogP contribution in [-0.2, 0) is 14.3 Å². The first kappa shape index (κ1) is 26.5. The van der Waals surface area contributed by atoms with Crippen LogP contribution in [0, 0.1) is 0 Å². The van der Waals surface area contributed by atoms with Crippen molar-refractivity contribution in [1.29, 1.82) is 0 Å². The summed E-state index contributed by atoms with van der Waals surface area (Å²) in [4.78, 5) is 52.1. The molecule has 3 saturated heterocycles. The maximum Gasteiger partial charge on any atom is 0.407 e. The first-order valence-corrected chi connectivity index (χ1v) is 12.5. The Morgan fingerprint density at radius 2 is 1.86 bits per heavy atom. The third-order valence-electron chi connectivity index (χ3n) is 6.19. The van der Waals surface area contributed by atoms with Crippen LogP contribution in [0.3, 0.4) is 0 Å². The van der Waals surface area contributed by atoms with Gasteiger partial charge in [0.05, 0.1) is 25.2 Å². The molecule has 0 unspecified atom stereocenters. The van der Waals surface area contributed by atoms with E-state index in [0.717, 1.165) is 0 Å². The van der Waals surface area contributed by atoms with Crippen molar-refractivity contribution in [3.8, 4) is 5.75 Å². The number of hydrogen-bond donors (Lipinski definition) is 3. The minimum absolute atomic E-state index is 0.0417. The Morgan fingerprint density at radius 3 is 2.62 bits per heavy atom. The van der Waals surface area contributed by atoms with Gasteiger partial charge in [-0.3, -0.25) is 9.59 Å². The molecular formula is C25H35N5O7. The summed E-state index contributed by atoms with van der Waals surface area (Å²) in [6, 6.07) is 6.58. The molecule has 12 heteroatoms. The number of morpholine rings is 1. The van der Waals surface area contributed by atoms with Gasteiger partial charge in [-0.25, -0.2) is 9.59 Å². The highest BCUT2D eigenvalue weighted by atomic mass is 16.6. The van der Waals surface area contributed by atoms with Gasteiger partial charge in [0, 0.05) is 31.7 Å². The van der Waals surface area contributed by atoms with Gasteiger partial charge in [-0.2, -0.15) is 0 Å². The van der Waals surface area contributed by atoms with Crippen molar-refractivity contribution < 1.29 is 33.4 Å². The van der Waals surface area contributed by atoms with Crippen molar-refractivity contribution in [2.75, 3.05) is 45.9 Å². The Balaban J connectivity index is 1.17. The van der Waals surface area contributed by atoms with Crippen molar-refractivity contribution in [2.24, 2.45) is 0 Å². The van der Waals surface area contributed by atoms with Crippen LogP contribution in [-0.4, -0.2) is 103 Å². The predicted octanol–water partition coefficient (Wildman–Crippen LogP) is 0.713. The summed E-state index contributed by atoms with van der Waals surface area (Å²) in [7, 11) is 0. The average Bonchev–Trinajstić information content (AvgIpc) is 2.82. The summed E-state index contributed by atoms with van der Waals surface area (Å²) >= 11 is 0. The molecule has 202 valence electrons. The molecule has 37 heavy (non-hydrogen) atoms. The number of fused-ring (bicyclic) bond motifs is 1. The van der Waals surface area contributed by atoms with Crippen LogP contribution < -0.4 is 20.7 Å². The summed E-state index contributed by atoms with van der Waals surface area (Å²) in [5, 5.41) is 8.24. The zero-order valence-electron chi connectivity index (χ0n) is 21.5. The maximum atomic E-state index is 12.9. The second-order valence-electron chi connectivity index (χ2n) is 10.4. The normalized spacial score (nSPS) is 21.8. The number of urea groups is 1. The second-order valence-corrected chi connectivity index (χ2v) is 10.4. The number of ether oxygens (including phenoxy) is 3. The van der Waals surface area contributed by atoms with Gasteiger partial charge in [-0.15, -0.1) is 0 Å². The van der Waals surface area contributed by atoms with E-state index in [1.807, 2.05) is 0 Å². The lowest BCUT2D eigenvalue weighted by Crippen LogP contribution is -2.65. The number of carbonyl (C=O) groups is 4. The van der Waals surface area contributed by atoms with Crippen molar-refractivity contribution in [2.45, 2.75) is 51.0 Å². The number of alkyl carbamates (subject to hydrolysis) is 1. The quantitative estimate of drug-likeness (QED) is 0.473. The topological polar surface area (TPSA) is 139 Å². The first-order chi connectivity index (χ1) is 17.6. The number of hydrogen-bond acceptors (Lipinski definition) is 7. The molecule has 0 bridgehead atoms. The number of rotatable bonds is 6. The molecule has 0 spiro atoms. The average molecular weight is 518 g/mol. The summed E-state index contributed by atoms with van der Waals surface area (Å²) in [6.07, 6.45) is -0.0592. The Hall–Kier alpha value is -3.54. The second kappa shape index (κ2) is 11.2. The monoisotopic (exact) mass is 517 g/mol. The third-order valence-corrected chi connectivity index (χ3v) is 6.19. The van der Waals surface area contributed by atoms with E-state index in [9.17, 15) is 19.2 Å². The molecule has 3 aliphatic heterocycles. The SMILES string of the molecule is CC(C)(C)OC(=O)NCCNC(=O)c1cccc(OC2CN(C(=O)N3CC[C@@H]4OCC(=O)N[C@@H]4C3)C2)c1. The zero-order valence-corrected chi connectivity index (χ0v) is 21.5. The van der Waals surface area contributed by atoms with E-state index < -0.39 is 11.7 Å². The van der Waals surface area contributed by atoms with Gasteiger partial charge in [0.2, 0.25) is 5.91 Å². The van der Waals surface area contributed by atoms with Gasteiger partial charge in [-0.1, -0.05) is 6.07 Å².